The second kappa shape index (κ2) is 7.24. The summed E-state index contributed by atoms with van der Waals surface area (Å²) < 4.78 is 11.0. The van der Waals surface area contributed by atoms with Crippen molar-refractivity contribution in [2.75, 3.05) is 18.5 Å². The predicted octanol–water partition coefficient (Wildman–Crippen LogP) is 5.16. The van der Waals surface area contributed by atoms with E-state index in [2.05, 4.69) is 39.1 Å². The molecule has 1 aliphatic rings. The lowest BCUT2D eigenvalue weighted by molar-refractivity contribution is 0.102. The Morgan fingerprint density at radius 1 is 0.962 bits per heavy atom. The van der Waals surface area contributed by atoms with E-state index in [-0.39, 0.29) is 11.3 Å². The van der Waals surface area contributed by atoms with Crippen LogP contribution in [0, 0.1) is 5.41 Å². The fourth-order valence-electron chi connectivity index (χ4n) is 2.94. The van der Waals surface area contributed by atoms with Crippen LogP contribution in [-0.4, -0.2) is 19.1 Å². The number of benzene rings is 2. The van der Waals surface area contributed by atoms with Gasteiger partial charge < -0.3 is 14.8 Å². The first-order valence-corrected chi connectivity index (χ1v) is 8.83. The lowest BCUT2D eigenvalue weighted by Gasteiger charge is -2.19. The number of allylic oxidation sites excluding steroid dienone is 2. The third-order valence-electron chi connectivity index (χ3n) is 4.05. The number of hydrogen-bond donors (Lipinski definition) is 1. The highest BCUT2D eigenvalue weighted by molar-refractivity contribution is 6.04. The van der Waals surface area contributed by atoms with E-state index in [0.717, 1.165) is 5.56 Å². The molecule has 2 aromatic rings. The third kappa shape index (κ3) is 4.45. The van der Waals surface area contributed by atoms with Crippen LogP contribution in [0.3, 0.4) is 0 Å². The summed E-state index contributed by atoms with van der Waals surface area (Å²) in [4.78, 5) is 12.5. The highest BCUT2D eigenvalue weighted by Gasteiger charge is 2.14. The summed E-state index contributed by atoms with van der Waals surface area (Å²) in [7, 11) is 0. The Hall–Kier alpha value is -2.75. The van der Waals surface area contributed by atoms with E-state index < -0.39 is 0 Å². The van der Waals surface area contributed by atoms with Crippen LogP contribution in [0.25, 0.3) is 5.57 Å². The van der Waals surface area contributed by atoms with Gasteiger partial charge in [-0.05, 0) is 47.7 Å². The molecule has 136 valence electrons. The standard InChI is InChI=1S/C22H25NO3/c1-15(14-22(2,3)4)16-5-7-17(8-6-16)21(24)23-18-9-10-19-20(13-18)26-12-11-25-19/h5-10,13-14H,11-12H2,1-4H3,(H,23,24)/b15-14-. The van der Waals surface area contributed by atoms with Gasteiger partial charge in [-0.3, -0.25) is 4.79 Å². The van der Waals surface area contributed by atoms with Crippen molar-refractivity contribution in [3.8, 4) is 11.5 Å². The van der Waals surface area contributed by atoms with Gasteiger partial charge >= 0.3 is 0 Å². The van der Waals surface area contributed by atoms with Crippen LogP contribution >= 0.6 is 0 Å². The molecule has 0 fully saturated rings. The Balaban J connectivity index is 1.71. The van der Waals surface area contributed by atoms with Gasteiger partial charge in [0.15, 0.2) is 11.5 Å². The summed E-state index contributed by atoms with van der Waals surface area (Å²) in [5.74, 6) is 1.22. The molecule has 0 radical (unpaired) electrons. The SMILES string of the molecule is C/C(=C/C(C)(C)C)c1ccc(C(=O)Nc2ccc3c(c2)OCCO3)cc1. The van der Waals surface area contributed by atoms with E-state index in [1.54, 1.807) is 6.07 Å². The van der Waals surface area contributed by atoms with Crippen LogP contribution in [-0.2, 0) is 0 Å². The smallest absolute Gasteiger partial charge is 0.255 e. The molecule has 0 saturated carbocycles. The van der Waals surface area contributed by atoms with E-state index in [4.69, 9.17) is 9.47 Å². The van der Waals surface area contributed by atoms with Gasteiger partial charge in [0.05, 0.1) is 0 Å². The molecule has 26 heavy (non-hydrogen) atoms. The molecule has 0 aliphatic carbocycles. The van der Waals surface area contributed by atoms with Crippen molar-refractivity contribution in [1.29, 1.82) is 0 Å². The van der Waals surface area contributed by atoms with Gasteiger partial charge in [0.25, 0.3) is 5.91 Å². The van der Waals surface area contributed by atoms with Crippen LogP contribution < -0.4 is 14.8 Å². The zero-order valence-electron chi connectivity index (χ0n) is 15.8. The number of ether oxygens (including phenoxy) is 2. The zero-order chi connectivity index (χ0) is 18.7. The van der Waals surface area contributed by atoms with E-state index >= 15 is 0 Å². The average molecular weight is 351 g/mol. The molecule has 1 amide bonds. The lowest BCUT2D eigenvalue weighted by atomic mass is 9.91. The average Bonchev–Trinajstić information content (AvgIpc) is 2.60. The van der Waals surface area contributed by atoms with Gasteiger partial charge in [-0.2, -0.15) is 0 Å². The Bertz CT molecular complexity index is 829. The van der Waals surface area contributed by atoms with Crippen molar-refractivity contribution in [2.45, 2.75) is 27.7 Å². The number of amides is 1. The van der Waals surface area contributed by atoms with Gasteiger partial charge in [0.1, 0.15) is 13.2 Å². The van der Waals surface area contributed by atoms with E-state index in [1.807, 2.05) is 36.4 Å². The summed E-state index contributed by atoms with van der Waals surface area (Å²) in [5, 5.41) is 2.91. The summed E-state index contributed by atoms with van der Waals surface area (Å²) in [6, 6.07) is 13.1. The fraction of sp³-hybridized carbons (Fsp3) is 0.318. The van der Waals surface area contributed by atoms with Gasteiger partial charge in [-0.25, -0.2) is 0 Å². The molecule has 3 rings (SSSR count). The molecule has 1 N–H and O–H groups in total. The van der Waals surface area contributed by atoms with Crippen molar-refractivity contribution in [2.24, 2.45) is 5.41 Å². The minimum atomic E-state index is -0.148. The predicted molar refractivity (Wildman–Crippen MR) is 105 cm³/mol. The van der Waals surface area contributed by atoms with E-state index in [9.17, 15) is 4.79 Å². The Morgan fingerprint density at radius 3 is 2.23 bits per heavy atom. The van der Waals surface area contributed by atoms with Crippen LogP contribution in [0.5, 0.6) is 11.5 Å². The van der Waals surface area contributed by atoms with Crippen LogP contribution in [0.4, 0.5) is 5.69 Å². The largest absolute Gasteiger partial charge is 0.486 e. The molecule has 2 aromatic carbocycles. The molecule has 1 aliphatic heterocycles. The number of carbonyl (C=O) groups is 1. The maximum atomic E-state index is 12.5. The summed E-state index contributed by atoms with van der Waals surface area (Å²) in [6.45, 7) is 9.68. The molecule has 0 saturated heterocycles. The van der Waals surface area contributed by atoms with Crippen molar-refractivity contribution in [3.05, 3.63) is 59.7 Å². The quantitative estimate of drug-likeness (QED) is 0.831. The summed E-state index contributed by atoms with van der Waals surface area (Å²) in [5.41, 5.74) is 3.75. The number of nitrogens with one attached hydrogen (secondary N) is 1. The monoisotopic (exact) mass is 351 g/mol. The minimum Gasteiger partial charge on any atom is -0.486 e. The molecule has 4 nitrogen and oxygen atoms in total. The third-order valence-corrected chi connectivity index (χ3v) is 4.05. The maximum Gasteiger partial charge on any atom is 0.255 e. The van der Waals surface area contributed by atoms with Crippen molar-refractivity contribution in [1.82, 2.24) is 0 Å². The zero-order valence-corrected chi connectivity index (χ0v) is 15.8. The second-order valence-electron chi connectivity index (χ2n) is 7.58. The molecular weight excluding hydrogens is 326 g/mol. The molecule has 0 aromatic heterocycles. The number of rotatable bonds is 3. The molecule has 1 heterocycles. The first-order valence-electron chi connectivity index (χ1n) is 8.83. The molecule has 0 spiro atoms. The maximum absolute atomic E-state index is 12.5. The van der Waals surface area contributed by atoms with Gasteiger partial charge in [0, 0.05) is 17.3 Å². The molecular formula is C22H25NO3. The molecule has 0 unspecified atom stereocenters. The lowest BCUT2D eigenvalue weighted by Crippen LogP contribution is -2.16. The van der Waals surface area contributed by atoms with Crippen molar-refractivity contribution < 1.29 is 14.3 Å². The van der Waals surface area contributed by atoms with Gasteiger partial charge in [-0.15, -0.1) is 0 Å². The fourth-order valence-corrected chi connectivity index (χ4v) is 2.94. The first kappa shape index (κ1) is 18.1. The van der Waals surface area contributed by atoms with Gasteiger partial charge in [0.2, 0.25) is 0 Å². The second-order valence-corrected chi connectivity index (χ2v) is 7.58. The summed E-state index contributed by atoms with van der Waals surface area (Å²) in [6.07, 6.45) is 2.23. The number of hydrogen-bond acceptors (Lipinski definition) is 3. The van der Waals surface area contributed by atoms with Crippen LogP contribution in [0.15, 0.2) is 48.5 Å². The minimum absolute atomic E-state index is 0.123. The number of fused-ring (bicyclic) bond motifs is 1. The number of anilines is 1. The molecule has 4 heteroatoms. The van der Waals surface area contributed by atoms with Crippen LogP contribution in [0.2, 0.25) is 0 Å². The highest BCUT2D eigenvalue weighted by atomic mass is 16.6. The Morgan fingerprint density at radius 2 is 1.58 bits per heavy atom. The molecule has 0 bridgehead atoms. The first-order chi connectivity index (χ1) is 12.3. The molecule has 0 atom stereocenters. The van der Waals surface area contributed by atoms with Crippen molar-refractivity contribution in [3.63, 3.8) is 0 Å². The Labute approximate surface area is 154 Å². The van der Waals surface area contributed by atoms with E-state index in [1.165, 1.54) is 5.57 Å². The Kier molecular flexibility index (Phi) is 5.03. The highest BCUT2D eigenvalue weighted by Crippen LogP contribution is 2.32. The van der Waals surface area contributed by atoms with Crippen LogP contribution in [0.1, 0.15) is 43.6 Å². The summed E-state index contributed by atoms with van der Waals surface area (Å²) >= 11 is 0. The van der Waals surface area contributed by atoms with Crippen molar-refractivity contribution >= 4 is 17.2 Å². The topological polar surface area (TPSA) is 47.6 Å². The number of carbonyl (C=O) groups excluding carboxylic acids is 1. The van der Waals surface area contributed by atoms with Gasteiger partial charge in [-0.1, -0.05) is 39.0 Å². The normalized spacial score (nSPS) is 14.1. The van der Waals surface area contributed by atoms with E-state index in [0.29, 0.717) is 36.0 Å².